The summed E-state index contributed by atoms with van der Waals surface area (Å²) in [4.78, 5) is 17.3. The van der Waals surface area contributed by atoms with Crippen LogP contribution in [0.15, 0.2) is 36.7 Å². The molecule has 0 spiro atoms. The minimum absolute atomic E-state index is 0.220. The van der Waals surface area contributed by atoms with E-state index in [1.807, 2.05) is 28.9 Å². The molecule has 1 atom stereocenters. The Morgan fingerprint density at radius 2 is 2.12 bits per heavy atom. The lowest BCUT2D eigenvalue weighted by Gasteiger charge is -2.32. The number of benzene rings is 1. The van der Waals surface area contributed by atoms with Gasteiger partial charge in [-0.25, -0.2) is 0 Å². The number of nitrogens with zero attached hydrogens (tertiary/aromatic N) is 4. The average Bonchev–Trinajstić information content (AvgIpc) is 3.23. The molecule has 0 N–H and O–H groups in total. The van der Waals surface area contributed by atoms with Gasteiger partial charge in [0.25, 0.3) is 0 Å². The molecule has 0 radical (unpaired) electrons. The molecule has 0 bridgehead atoms. The van der Waals surface area contributed by atoms with Crippen molar-refractivity contribution < 1.29 is 4.79 Å². The van der Waals surface area contributed by atoms with Gasteiger partial charge in [0.2, 0.25) is 5.91 Å². The smallest absolute Gasteiger partial charge is 0.241 e. The predicted octanol–water partition coefficient (Wildman–Crippen LogP) is 2.54. The zero-order valence-electron chi connectivity index (χ0n) is 14.2. The van der Waals surface area contributed by atoms with Crippen molar-refractivity contribution in [3.05, 3.63) is 47.8 Å². The van der Waals surface area contributed by atoms with E-state index >= 15 is 0 Å². The lowest BCUT2D eigenvalue weighted by molar-refractivity contribution is -0.120. The molecule has 1 saturated heterocycles. The van der Waals surface area contributed by atoms with E-state index in [0.717, 1.165) is 44.5 Å². The van der Waals surface area contributed by atoms with Gasteiger partial charge in [0.15, 0.2) is 0 Å². The number of likely N-dealkylation sites (tertiary alicyclic amines) is 1. The molecule has 5 heteroatoms. The first-order chi connectivity index (χ1) is 11.7. The minimum atomic E-state index is 0.220. The monoisotopic (exact) mass is 324 g/mol. The minimum Gasteiger partial charge on any atom is -0.311 e. The standard InChI is InChI=1S/C19H24N4O/c1-21-13-16(12-20-21)17-9-5-10-22(17)14-19(24)23-11-4-7-15-6-2-3-8-18(15)23/h2-3,6,8,12-13,17H,4-5,7,9-11,14H2,1H3. The van der Waals surface area contributed by atoms with Gasteiger partial charge in [-0.05, 0) is 43.9 Å². The number of carbonyl (C=O) groups is 1. The summed E-state index contributed by atoms with van der Waals surface area (Å²) in [7, 11) is 1.94. The summed E-state index contributed by atoms with van der Waals surface area (Å²) in [6.07, 6.45) is 8.38. The maximum atomic E-state index is 13.0. The maximum absolute atomic E-state index is 13.0. The third-order valence-electron chi connectivity index (χ3n) is 5.22. The van der Waals surface area contributed by atoms with Crippen molar-refractivity contribution in [3.63, 3.8) is 0 Å². The molecule has 2 aromatic rings. The Hall–Kier alpha value is -2.14. The van der Waals surface area contributed by atoms with Crippen LogP contribution in [0.1, 0.15) is 36.4 Å². The van der Waals surface area contributed by atoms with Gasteiger partial charge in [0, 0.05) is 37.1 Å². The number of hydrogen-bond donors (Lipinski definition) is 0. The van der Waals surface area contributed by atoms with Crippen molar-refractivity contribution in [2.45, 2.75) is 31.7 Å². The zero-order chi connectivity index (χ0) is 16.5. The SMILES string of the molecule is Cn1cc(C2CCCN2CC(=O)N2CCCc3ccccc32)cn1. The first-order valence-electron chi connectivity index (χ1n) is 8.83. The molecule has 1 aromatic heterocycles. The van der Waals surface area contributed by atoms with Crippen molar-refractivity contribution in [1.82, 2.24) is 14.7 Å². The highest BCUT2D eigenvalue weighted by atomic mass is 16.2. The van der Waals surface area contributed by atoms with Gasteiger partial charge in [-0.15, -0.1) is 0 Å². The second-order valence-electron chi connectivity index (χ2n) is 6.85. The topological polar surface area (TPSA) is 41.4 Å². The first kappa shape index (κ1) is 15.4. The van der Waals surface area contributed by atoms with E-state index in [2.05, 4.69) is 34.4 Å². The first-order valence-corrected chi connectivity index (χ1v) is 8.83. The van der Waals surface area contributed by atoms with Crippen LogP contribution in [0.3, 0.4) is 0 Å². The van der Waals surface area contributed by atoms with Crippen LogP contribution in [0, 0.1) is 0 Å². The van der Waals surface area contributed by atoms with Crippen LogP contribution in [0.25, 0.3) is 0 Å². The molecule has 1 fully saturated rings. The molecule has 3 heterocycles. The number of fused-ring (bicyclic) bond motifs is 1. The molecule has 1 unspecified atom stereocenters. The lowest BCUT2D eigenvalue weighted by Crippen LogP contribution is -2.42. The summed E-state index contributed by atoms with van der Waals surface area (Å²) in [5, 5.41) is 4.29. The summed E-state index contributed by atoms with van der Waals surface area (Å²) in [6, 6.07) is 8.63. The summed E-state index contributed by atoms with van der Waals surface area (Å²) >= 11 is 0. The fourth-order valence-electron chi connectivity index (χ4n) is 4.06. The highest BCUT2D eigenvalue weighted by molar-refractivity contribution is 5.96. The molecule has 0 saturated carbocycles. The molecule has 1 aromatic carbocycles. The van der Waals surface area contributed by atoms with Crippen molar-refractivity contribution in [1.29, 1.82) is 0 Å². The molecule has 4 rings (SSSR count). The summed E-state index contributed by atoms with van der Waals surface area (Å²) < 4.78 is 1.84. The largest absolute Gasteiger partial charge is 0.311 e. The van der Waals surface area contributed by atoms with Crippen molar-refractivity contribution in [3.8, 4) is 0 Å². The maximum Gasteiger partial charge on any atom is 0.241 e. The number of para-hydroxylation sites is 1. The Morgan fingerprint density at radius 3 is 2.96 bits per heavy atom. The normalized spacial score (nSPS) is 21.0. The van der Waals surface area contributed by atoms with Crippen molar-refractivity contribution in [2.75, 3.05) is 24.5 Å². The Kier molecular flexibility index (Phi) is 4.10. The fourth-order valence-corrected chi connectivity index (χ4v) is 4.06. The van der Waals surface area contributed by atoms with E-state index in [1.54, 1.807) is 0 Å². The number of carbonyl (C=O) groups excluding carboxylic acids is 1. The van der Waals surface area contributed by atoms with E-state index in [9.17, 15) is 4.79 Å². The highest BCUT2D eigenvalue weighted by Gasteiger charge is 2.31. The number of aromatic nitrogens is 2. The van der Waals surface area contributed by atoms with Crippen LogP contribution in [0.4, 0.5) is 5.69 Å². The molecule has 2 aliphatic heterocycles. The quantitative estimate of drug-likeness (QED) is 0.871. The third-order valence-corrected chi connectivity index (χ3v) is 5.22. The molecule has 126 valence electrons. The molecular formula is C19H24N4O. The number of hydrogen-bond acceptors (Lipinski definition) is 3. The Bertz CT molecular complexity index is 738. The molecule has 24 heavy (non-hydrogen) atoms. The second kappa shape index (κ2) is 6.40. The Balaban J connectivity index is 1.50. The summed E-state index contributed by atoms with van der Waals surface area (Å²) in [6.45, 7) is 2.32. The summed E-state index contributed by atoms with van der Waals surface area (Å²) in [5.74, 6) is 0.220. The number of aryl methyl sites for hydroxylation is 2. The lowest BCUT2D eigenvalue weighted by atomic mass is 10.0. The molecule has 1 amide bonds. The van der Waals surface area contributed by atoms with Crippen LogP contribution in [0.2, 0.25) is 0 Å². The van der Waals surface area contributed by atoms with Gasteiger partial charge in [0.05, 0.1) is 12.7 Å². The molecule has 5 nitrogen and oxygen atoms in total. The van der Waals surface area contributed by atoms with Crippen molar-refractivity contribution in [2.24, 2.45) is 7.05 Å². The van der Waals surface area contributed by atoms with Gasteiger partial charge in [0.1, 0.15) is 0 Å². The van der Waals surface area contributed by atoms with Crippen LogP contribution in [0.5, 0.6) is 0 Å². The third kappa shape index (κ3) is 2.84. The molecule has 2 aliphatic rings. The zero-order valence-corrected chi connectivity index (χ0v) is 14.2. The van der Waals surface area contributed by atoms with Crippen LogP contribution in [-0.4, -0.2) is 40.2 Å². The predicted molar refractivity (Wildman–Crippen MR) is 93.9 cm³/mol. The number of amides is 1. The van der Waals surface area contributed by atoms with E-state index in [-0.39, 0.29) is 5.91 Å². The number of rotatable bonds is 3. The molecular weight excluding hydrogens is 300 g/mol. The van der Waals surface area contributed by atoms with Crippen LogP contribution >= 0.6 is 0 Å². The van der Waals surface area contributed by atoms with E-state index < -0.39 is 0 Å². The Labute approximate surface area is 142 Å². The van der Waals surface area contributed by atoms with Gasteiger partial charge in [-0.2, -0.15) is 5.10 Å². The van der Waals surface area contributed by atoms with E-state index in [0.29, 0.717) is 12.6 Å². The van der Waals surface area contributed by atoms with E-state index in [4.69, 9.17) is 0 Å². The van der Waals surface area contributed by atoms with Crippen LogP contribution < -0.4 is 4.90 Å². The number of anilines is 1. The van der Waals surface area contributed by atoms with Gasteiger partial charge in [-0.1, -0.05) is 18.2 Å². The van der Waals surface area contributed by atoms with Gasteiger partial charge < -0.3 is 4.90 Å². The average molecular weight is 324 g/mol. The molecule has 0 aliphatic carbocycles. The second-order valence-corrected chi connectivity index (χ2v) is 6.85. The summed E-state index contributed by atoms with van der Waals surface area (Å²) in [5.41, 5.74) is 3.62. The van der Waals surface area contributed by atoms with Crippen molar-refractivity contribution >= 4 is 11.6 Å². The van der Waals surface area contributed by atoms with Crippen LogP contribution in [-0.2, 0) is 18.3 Å². The highest BCUT2D eigenvalue weighted by Crippen LogP contribution is 2.32. The van der Waals surface area contributed by atoms with Gasteiger partial charge >= 0.3 is 0 Å². The van der Waals surface area contributed by atoms with Gasteiger partial charge in [-0.3, -0.25) is 14.4 Å². The Morgan fingerprint density at radius 1 is 1.25 bits per heavy atom. The fraction of sp³-hybridized carbons (Fsp3) is 0.474. The van der Waals surface area contributed by atoms with E-state index in [1.165, 1.54) is 11.1 Å².